The van der Waals surface area contributed by atoms with Gasteiger partial charge in [0.15, 0.2) is 0 Å². The third-order valence-corrected chi connectivity index (χ3v) is 6.54. The van der Waals surface area contributed by atoms with E-state index in [0.29, 0.717) is 5.06 Å². The number of hydrogen-bond acceptors (Lipinski definition) is 8. The Morgan fingerprint density at radius 2 is 1.39 bits per heavy atom. The monoisotopic (exact) mass is 509 g/mol. The van der Waals surface area contributed by atoms with Crippen LogP contribution in [0.1, 0.15) is 53.8 Å². The van der Waals surface area contributed by atoms with Crippen LogP contribution in [0.15, 0.2) is 83.6 Å². The molecule has 1 aromatic heterocycles. The van der Waals surface area contributed by atoms with Crippen molar-refractivity contribution in [3.05, 3.63) is 113 Å². The van der Waals surface area contributed by atoms with Gasteiger partial charge in [-0.05, 0) is 34.4 Å². The van der Waals surface area contributed by atoms with E-state index in [1.165, 1.54) is 12.1 Å². The molecule has 10 heteroatoms. The van der Waals surface area contributed by atoms with Crippen molar-refractivity contribution in [1.82, 2.24) is 15.5 Å². The van der Waals surface area contributed by atoms with Crippen molar-refractivity contribution < 1.29 is 33.3 Å². The fourth-order valence-electron chi connectivity index (χ4n) is 4.74. The van der Waals surface area contributed by atoms with Gasteiger partial charge in [0, 0.05) is 5.92 Å². The number of aromatic nitrogens is 1. The third kappa shape index (κ3) is 3.88. The van der Waals surface area contributed by atoms with Gasteiger partial charge in [-0.25, -0.2) is 9.59 Å². The summed E-state index contributed by atoms with van der Waals surface area (Å²) in [5, 5.41) is 6.65. The smallest absolute Gasteiger partial charge is 0.407 e. The largest absolute Gasteiger partial charge is 0.449 e. The minimum Gasteiger partial charge on any atom is -0.449 e. The molecule has 0 bridgehead atoms. The Bertz CT molecular complexity index is 1530. The summed E-state index contributed by atoms with van der Waals surface area (Å²) in [6.07, 6.45) is 0.296. The summed E-state index contributed by atoms with van der Waals surface area (Å²) in [5.74, 6) is -2.65. The number of nitrogens with one attached hydrogen (secondary N) is 1. The number of nitrogens with zero attached hydrogens (tertiary/aromatic N) is 2. The van der Waals surface area contributed by atoms with Crippen LogP contribution in [0.5, 0.6) is 0 Å². The van der Waals surface area contributed by atoms with E-state index in [2.05, 4.69) is 10.5 Å². The quantitative estimate of drug-likeness (QED) is 0.385. The lowest BCUT2D eigenvalue weighted by atomic mass is 9.98. The highest BCUT2D eigenvalue weighted by Crippen LogP contribution is 2.44. The minimum atomic E-state index is -1.04. The number of benzene rings is 3. The first-order valence-electron chi connectivity index (χ1n) is 11.7. The fraction of sp³-hybridized carbons (Fsp3) is 0.107. The van der Waals surface area contributed by atoms with Gasteiger partial charge in [0.2, 0.25) is 0 Å². The van der Waals surface area contributed by atoms with Crippen LogP contribution in [0.4, 0.5) is 4.79 Å². The van der Waals surface area contributed by atoms with Crippen molar-refractivity contribution >= 4 is 23.9 Å². The average Bonchev–Trinajstić information content (AvgIpc) is 3.61. The van der Waals surface area contributed by atoms with Crippen LogP contribution in [-0.2, 0) is 16.1 Å². The topological polar surface area (TPSA) is 128 Å². The Morgan fingerprint density at radius 3 is 2.00 bits per heavy atom. The van der Waals surface area contributed by atoms with Crippen molar-refractivity contribution in [3.63, 3.8) is 0 Å². The minimum absolute atomic E-state index is 0.0418. The summed E-state index contributed by atoms with van der Waals surface area (Å²) >= 11 is 0. The lowest BCUT2D eigenvalue weighted by Gasteiger charge is -2.14. The average molecular weight is 509 g/mol. The summed E-state index contributed by atoms with van der Waals surface area (Å²) in [5.41, 5.74) is 4.54. The Morgan fingerprint density at radius 1 is 0.842 bits per heavy atom. The number of carbonyl (C=O) groups is 4. The molecule has 0 saturated carbocycles. The number of amides is 3. The molecule has 10 nitrogen and oxygen atoms in total. The summed E-state index contributed by atoms with van der Waals surface area (Å²) in [6, 6.07) is 22.1. The van der Waals surface area contributed by atoms with Gasteiger partial charge in [-0.3, -0.25) is 9.59 Å². The molecule has 1 N–H and O–H groups in total. The summed E-state index contributed by atoms with van der Waals surface area (Å²) < 4.78 is 10.4. The molecular weight excluding hydrogens is 490 g/mol. The second-order valence-corrected chi connectivity index (χ2v) is 8.68. The highest BCUT2D eigenvalue weighted by molar-refractivity contribution is 6.21. The molecule has 6 rings (SSSR count). The maximum Gasteiger partial charge on any atom is 0.407 e. The fourth-order valence-corrected chi connectivity index (χ4v) is 4.74. The zero-order chi connectivity index (χ0) is 26.2. The van der Waals surface area contributed by atoms with Gasteiger partial charge in [-0.2, -0.15) is 0 Å². The van der Waals surface area contributed by atoms with Crippen LogP contribution in [0.25, 0.3) is 11.1 Å². The standard InChI is InChI=1S/C28H19N3O7/c32-25-20-11-5-6-12-21(20)26(33)31(25)38-27(34)23-15-37-30-24(23)13-29-28(35)36-14-22-18-9-3-1-7-16(18)17-8-2-4-10-19(17)22/h1-12,15,22H,13-14H2,(H,29,35). The van der Waals surface area contributed by atoms with E-state index in [1.807, 2.05) is 48.5 Å². The number of imide groups is 1. The number of hydroxylamine groups is 2. The Hall–Kier alpha value is -5.25. The number of carbonyl (C=O) groups excluding carboxylic acids is 4. The van der Waals surface area contributed by atoms with Crippen molar-refractivity contribution in [2.75, 3.05) is 6.61 Å². The molecule has 2 heterocycles. The van der Waals surface area contributed by atoms with Crippen molar-refractivity contribution in [1.29, 1.82) is 0 Å². The SMILES string of the molecule is O=C(NCc1nocc1C(=O)ON1C(=O)c2ccccc2C1=O)OCC1c2ccccc2-c2ccccc21. The molecule has 188 valence electrons. The number of ether oxygens (including phenoxy) is 1. The van der Waals surface area contributed by atoms with Gasteiger partial charge < -0.3 is 19.4 Å². The molecule has 0 atom stereocenters. The molecule has 3 amide bonds. The van der Waals surface area contributed by atoms with Crippen LogP contribution in [-0.4, -0.2) is 40.7 Å². The Kier molecular flexibility index (Phi) is 5.68. The Balaban J connectivity index is 1.08. The van der Waals surface area contributed by atoms with Crippen LogP contribution in [0, 0.1) is 0 Å². The highest BCUT2D eigenvalue weighted by atomic mass is 16.7. The van der Waals surface area contributed by atoms with Gasteiger partial charge in [0.25, 0.3) is 11.8 Å². The van der Waals surface area contributed by atoms with E-state index < -0.39 is 23.9 Å². The lowest BCUT2D eigenvalue weighted by molar-refractivity contribution is -0.0585. The number of alkyl carbamates (subject to hydrolysis) is 1. The summed E-state index contributed by atoms with van der Waals surface area (Å²) in [6.45, 7) is -0.0902. The van der Waals surface area contributed by atoms with Gasteiger partial charge in [-0.15, -0.1) is 0 Å². The highest BCUT2D eigenvalue weighted by Gasteiger charge is 2.39. The first-order valence-corrected chi connectivity index (χ1v) is 11.7. The van der Waals surface area contributed by atoms with Crippen molar-refractivity contribution in [2.45, 2.75) is 12.5 Å². The first-order chi connectivity index (χ1) is 18.5. The molecular formula is C28H19N3O7. The predicted octanol–water partition coefficient (Wildman–Crippen LogP) is 4.08. The van der Waals surface area contributed by atoms with Crippen LogP contribution in [0.3, 0.4) is 0 Å². The predicted molar refractivity (Wildman–Crippen MR) is 131 cm³/mol. The maximum absolute atomic E-state index is 12.7. The molecule has 2 aliphatic rings. The molecule has 1 aliphatic carbocycles. The lowest BCUT2D eigenvalue weighted by Crippen LogP contribution is -2.33. The first kappa shape index (κ1) is 23.2. The summed E-state index contributed by atoms with van der Waals surface area (Å²) in [4.78, 5) is 55.1. The second-order valence-electron chi connectivity index (χ2n) is 8.68. The van der Waals surface area contributed by atoms with Gasteiger partial charge in [0.05, 0.1) is 17.7 Å². The molecule has 0 fully saturated rings. The molecule has 1 aliphatic heterocycles. The van der Waals surface area contributed by atoms with E-state index in [1.54, 1.807) is 12.1 Å². The molecule has 4 aromatic rings. The van der Waals surface area contributed by atoms with E-state index >= 15 is 0 Å². The van der Waals surface area contributed by atoms with Crippen LogP contribution < -0.4 is 5.32 Å². The van der Waals surface area contributed by atoms with Gasteiger partial charge >= 0.3 is 12.1 Å². The maximum atomic E-state index is 12.7. The van der Waals surface area contributed by atoms with E-state index in [-0.39, 0.29) is 41.5 Å². The van der Waals surface area contributed by atoms with Gasteiger partial charge in [-0.1, -0.05) is 70.9 Å². The third-order valence-electron chi connectivity index (χ3n) is 6.54. The normalized spacial score (nSPS) is 13.6. The molecule has 3 aromatic carbocycles. The zero-order valence-electron chi connectivity index (χ0n) is 19.7. The van der Waals surface area contributed by atoms with Crippen molar-refractivity contribution in [3.8, 4) is 11.1 Å². The molecule has 38 heavy (non-hydrogen) atoms. The summed E-state index contributed by atoms with van der Waals surface area (Å²) in [7, 11) is 0. The molecule has 0 spiro atoms. The number of fused-ring (bicyclic) bond motifs is 4. The molecule has 0 radical (unpaired) electrons. The number of rotatable bonds is 6. The number of hydrogen-bond donors (Lipinski definition) is 1. The Labute approximate surface area is 215 Å². The second kappa shape index (κ2) is 9.32. The van der Waals surface area contributed by atoms with Crippen LogP contribution in [0.2, 0.25) is 0 Å². The van der Waals surface area contributed by atoms with E-state index in [0.717, 1.165) is 28.5 Å². The molecule has 0 saturated heterocycles. The van der Waals surface area contributed by atoms with Crippen LogP contribution >= 0.6 is 0 Å². The van der Waals surface area contributed by atoms with E-state index in [4.69, 9.17) is 14.1 Å². The van der Waals surface area contributed by atoms with E-state index in [9.17, 15) is 19.2 Å². The zero-order valence-corrected chi connectivity index (χ0v) is 19.7. The van der Waals surface area contributed by atoms with Crippen molar-refractivity contribution in [2.24, 2.45) is 0 Å². The van der Waals surface area contributed by atoms with Gasteiger partial charge in [0.1, 0.15) is 24.1 Å². The molecule has 0 unspecified atom stereocenters.